The molecule has 1 aromatic rings. The molecule has 2 amide bonds. The Morgan fingerprint density at radius 1 is 1.10 bits per heavy atom. The molecule has 0 radical (unpaired) electrons. The molecule has 1 saturated heterocycles. The van der Waals surface area contributed by atoms with Gasteiger partial charge in [0.05, 0.1) is 11.8 Å². The number of carbonyl (C=O) groups is 2. The number of aromatic nitrogens is 2. The van der Waals surface area contributed by atoms with E-state index in [1.165, 1.54) is 16.2 Å². The average Bonchev–Trinajstić information content (AvgIpc) is 3.10. The van der Waals surface area contributed by atoms with Gasteiger partial charge >= 0.3 is 0 Å². The van der Waals surface area contributed by atoms with Crippen LogP contribution >= 0.6 is 43.2 Å². The van der Waals surface area contributed by atoms with E-state index in [2.05, 4.69) is 42.1 Å². The second kappa shape index (κ2) is 4.33. The molecule has 0 spiro atoms. The summed E-state index contributed by atoms with van der Waals surface area (Å²) in [6, 6.07) is 0. The normalized spacial score (nSPS) is 42.6. The number of hydrogen-bond donors (Lipinski definition) is 0. The number of aryl methyl sites for hydroxylation is 1. The van der Waals surface area contributed by atoms with Crippen molar-refractivity contribution in [2.45, 2.75) is 23.0 Å². The first-order chi connectivity index (χ1) is 9.50. The van der Waals surface area contributed by atoms with Gasteiger partial charge in [-0.25, -0.2) is 4.90 Å². The van der Waals surface area contributed by atoms with E-state index in [4.69, 9.17) is 0 Å². The number of alkyl halides is 2. The maximum atomic E-state index is 12.7. The molecule has 0 N–H and O–H groups in total. The van der Waals surface area contributed by atoms with Crippen molar-refractivity contribution in [1.29, 1.82) is 0 Å². The van der Waals surface area contributed by atoms with Gasteiger partial charge < -0.3 is 0 Å². The van der Waals surface area contributed by atoms with Gasteiger partial charge in [-0.05, 0) is 25.2 Å². The fraction of sp³-hybridized carbons (Fsp3) is 0.667. The molecule has 106 valence electrons. The van der Waals surface area contributed by atoms with E-state index in [0.29, 0.717) is 5.13 Å². The lowest BCUT2D eigenvalue weighted by Gasteiger charge is -2.28. The summed E-state index contributed by atoms with van der Waals surface area (Å²) in [4.78, 5) is 27.1. The van der Waals surface area contributed by atoms with E-state index >= 15 is 0 Å². The first-order valence-corrected chi connectivity index (χ1v) is 9.11. The van der Waals surface area contributed by atoms with Gasteiger partial charge in [0.2, 0.25) is 16.9 Å². The van der Waals surface area contributed by atoms with Crippen LogP contribution in [0.15, 0.2) is 0 Å². The van der Waals surface area contributed by atoms with Crippen LogP contribution < -0.4 is 4.90 Å². The maximum absolute atomic E-state index is 12.7. The molecule has 2 aliphatic carbocycles. The maximum Gasteiger partial charge on any atom is 0.239 e. The summed E-state index contributed by atoms with van der Waals surface area (Å²) in [6.07, 6.45) is 0.946. The minimum atomic E-state index is -0.185. The average molecular weight is 421 g/mol. The Labute approximate surface area is 136 Å². The smallest absolute Gasteiger partial charge is 0.239 e. The van der Waals surface area contributed by atoms with Gasteiger partial charge in [0, 0.05) is 9.65 Å². The molecule has 20 heavy (non-hydrogen) atoms. The molecular formula is C12H11Br2N3O2S. The molecule has 3 fully saturated rings. The summed E-state index contributed by atoms with van der Waals surface area (Å²) >= 11 is 8.64. The number of carbonyl (C=O) groups excluding carboxylic acids is 2. The van der Waals surface area contributed by atoms with Gasteiger partial charge in [0.1, 0.15) is 5.01 Å². The molecule has 1 aromatic heterocycles. The highest BCUT2D eigenvalue weighted by atomic mass is 79.9. The van der Waals surface area contributed by atoms with Crippen molar-refractivity contribution in [2.24, 2.45) is 23.7 Å². The third-order valence-electron chi connectivity index (χ3n) is 4.69. The van der Waals surface area contributed by atoms with Crippen molar-refractivity contribution in [3.63, 3.8) is 0 Å². The van der Waals surface area contributed by atoms with Crippen molar-refractivity contribution in [1.82, 2.24) is 10.2 Å². The second-order valence-corrected chi connectivity index (χ2v) is 8.89. The standard InChI is InChI=1S/C12H11Br2N3O2S/c1-3-15-16-12(20-3)17-10(18)6-4-2-5(7(6)11(17)19)9(14)8(4)13/h4-9H,2H2,1H3/t4-,5-,6-,7+,8+,9+/m1/s1. The van der Waals surface area contributed by atoms with Gasteiger partial charge in [0.25, 0.3) is 0 Å². The van der Waals surface area contributed by atoms with Crippen molar-refractivity contribution in [3.05, 3.63) is 5.01 Å². The summed E-state index contributed by atoms with van der Waals surface area (Å²) < 4.78 is 0. The van der Waals surface area contributed by atoms with Gasteiger partial charge in [-0.1, -0.05) is 43.2 Å². The molecule has 2 saturated carbocycles. The van der Waals surface area contributed by atoms with Gasteiger partial charge in [0.15, 0.2) is 0 Å². The van der Waals surface area contributed by atoms with Crippen LogP contribution in [-0.4, -0.2) is 31.7 Å². The zero-order valence-corrected chi connectivity index (χ0v) is 14.5. The number of amides is 2. The van der Waals surface area contributed by atoms with E-state index in [1.54, 1.807) is 0 Å². The number of halogens is 2. The molecule has 3 aliphatic rings. The fourth-order valence-corrected chi connectivity index (χ4v) is 6.49. The van der Waals surface area contributed by atoms with E-state index < -0.39 is 0 Å². The lowest BCUT2D eigenvalue weighted by molar-refractivity contribution is -0.123. The van der Waals surface area contributed by atoms with Gasteiger partial charge in [-0.2, -0.15) is 0 Å². The summed E-state index contributed by atoms with van der Waals surface area (Å²) in [5.41, 5.74) is 0. The Hall–Kier alpha value is -0.340. The van der Waals surface area contributed by atoms with Crippen LogP contribution in [0.1, 0.15) is 11.4 Å². The Balaban J connectivity index is 1.74. The number of hydrogen-bond acceptors (Lipinski definition) is 5. The van der Waals surface area contributed by atoms with Gasteiger partial charge in [-0.3, -0.25) is 9.59 Å². The number of anilines is 1. The van der Waals surface area contributed by atoms with Crippen LogP contribution in [0, 0.1) is 30.6 Å². The monoisotopic (exact) mass is 419 g/mol. The van der Waals surface area contributed by atoms with Crippen LogP contribution in [-0.2, 0) is 9.59 Å². The Bertz CT molecular complexity index is 590. The molecular weight excluding hydrogens is 410 g/mol. The largest absolute Gasteiger partial charge is 0.274 e. The zero-order valence-electron chi connectivity index (χ0n) is 10.5. The summed E-state index contributed by atoms with van der Waals surface area (Å²) in [6.45, 7) is 1.82. The van der Waals surface area contributed by atoms with E-state index in [9.17, 15) is 9.59 Å². The molecule has 5 nitrogen and oxygen atoms in total. The van der Waals surface area contributed by atoms with E-state index in [1.807, 2.05) is 6.92 Å². The lowest BCUT2D eigenvalue weighted by atomic mass is 9.81. The van der Waals surface area contributed by atoms with E-state index in [0.717, 1.165) is 11.4 Å². The Kier molecular flexibility index (Phi) is 2.89. The van der Waals surface area contributed by atoms with Crippen molar-refractivity contribution in [2.75, 3.05) is 4.90 Å². The molecule has 8 heteroatoms. The molecule has 2 bridgehead atoms. The second-order valence-electron chi connectivity index (χ2n) is 5.62. The topological polar surface area (TPSA) is 63.2 Å². The zero-order chi connectivity index (χ0) is 14.2. The first kappa shape index (κ1) is 13.3. The third-order valence-corrected chi connectivity index (χ3v) is 8.72. The SMILES string of the molecule is Cc1nnc(N2C(=O)[C@@H]3[C@H]4C[C@@H]([C@H](Br)[C@H]4Br)[C@@H]3C2=O)s1. The van der Waals surface area contributed by atoms with Crippen molar-refractivity contribution >= 4 is 60.1 Å². The Morgan fingerprint density at radius 3 is 2.10 bits per heavy atom. The molecule has 0 unspecified atom stereocenters. The predicted molar refractivity (Wildman–Crippen MR) is 81.1 cm³/mol. The third kappa shape index (κ3) is 1.53. The fourth-order valence-electron chi connectivity index (χ4n) is 3.91. The Morgan fingerprint density at radius 2 is 1.65 bits per heavy atom. The highest BCUT2D eigenvalue weighted by Gasteiger charge is 2.66. The van der Waals surface area contributed by atoms with Crippen LogP contribution in [0.5, 0.6) is 0 Å². The summed E-state index contributed by atoms with van der Waals surface area (Å²) in [5.74, 6) is -0.0700. The minimum Gasteiger partial charge on any atom is -0.274 e. The first-order valence-electron chi connectivity index (χ1n) is 6.46. The molecule has 2 heterocycles. The van der Waals surface area contributed by atoms with Crippen LogP contribution in [0.2, 0.25) is 0 Å². The van der Waals surface area contributed by atoms with Crippen LogP contribution in [0.3, 0.4) is 0 Å². The molecule has 4 rings (SSSR count). The summed E-state index contributed by atoms with van der Waals surface area (Å²) in [5, 5.41) is 9.06. The minimum absolute atomic E-state index is 0.0903. The number of imide groups is 1. The quantitative estimate of drug-likeness (QED) is 0.515. The lowest BCUT2D eigenvalue weighted by Crippen LogP contribution is -2.37. The molecule has 0 aromatic carbocycles. The molecule has 1 aliphatic heterocycles. The number of fused-ring (bicyclic) bond motifs is 5. The summed E-state index contributed by atoms with van der Waals surface area (Å²) in [7, 11) is 0. The molecule has 6 atom stereocenters. The van der Waals surface area contributed by atoms with Crippen LogP contribution in [0.25, 0.3) is 0 Å². The van der Waals surface area contributed by atoms with E-state index in [-0.39, 0.29) is 45.1 Å². The van der Waals surface area contributed by atoms with Gasteiger partial charge in [-0.15, -0.1) is 10.2 Å². The highest BCUT2D eigenvalue weighted by Crippen LogP contribution is 2.60. The number of rotatable bonds is 1. The van der Waals surface area contributed by atoms with Crippen molar-refractivity contribution in [3.8, 4) is 0 Å². The van der Waals surface area contributed by atoms with Crippen molar-refractivity contribution < 1.29 is 9.59 Å². The number of nitrogens with zero attached hydrogens (tertiary/aromatic N) is 3. The van der Waals surface area contributed by atoms with Crippen LogP contribution in [0.4, 0.5) is 5.13 Å². The predicted octanol–water partition coefficient (Wildman–Crippen LogP) is 2.13. The highest BCUT2D eigenvalue weighted by molar-refractivity contribution is 9.12.